The molecule has 134 valence electrons. The summed E-state index contributed by atoms with van der Waals surface area (Å²) in [5.41, 5.74) is 0.777. The van der Waals surface area contributed by atoms with Crippen molar-refractivity contribution in [3.63, 3.8) is 0 Å². The second-order valence-electron chi connectivity index (χ2n) is 6.27. The molecule has 0 atom stereocenters. The topological polar surface area (TPSA) is 74.2 Å². The Labute approximate surface area is 149 Å². The number of nitrogens with zero attached hydrogens (tertiary/aromatic N) is 5. The highest BCUT2D eigenvalue weighted by Crippen LogP contribution is 2.22. The molecular formula is C16H21FN6OS. The zero-order valence-corrected chi connectivity index (χ0v) is 15.1. The van der Waals surface area contributed by atoms with Crippen LogP contribution in [-0.2, 0) is 4.79 Å². The van der Waals surface area contributed by atoms with Crippen molar-refractivity contribution < 1.29 is 9.18 Å². The number of pyridine rings is 1. The molecule has 0 radical (unpaired) electrons. The first-order valence-electron chi connectivity index (χ1n) is 8.22. The number of piperazine rings is 1. The van der Waals surface area contributed by atoms with Gasteiger partial charge in [-0.3, -0.25) is 20.0 Å². The third kappa shape index (κ3) is 4.70. The van der Waals surface area contributed by atoms with Crippen LogP contribution in [0.25, 0.3) is 0 Å². The fraction of sp³-hybridized carbons (Fsp3) is 0.500. The van der Waals surface area contributed by atoms with E-state index in [9.17, 15) is 9.18 Å². The lowest BCUT2D eigenvalue weighted by molar-refractivity contribution is -0.117. The van der Waals surface area contributed by atoms with Gasteiger partial charge in [0.05, 0.1) is 24.6 Å². The van der Waals surface area contributed by atoms with Crippen molar-refractivity contribution >= 4 is 28.1 Å². The number of aromatic nitrogens is 3. The lowest BCUT2D eigenvalue weighted by Crippen LogP contribution is -2.48. The van der Waals surface area contributed by atoms with Gasteiger partial charge in [0.2, 0.25) is 11.0 Å². The monoisotopic (exact) mass is 364 g/mol. The average molecular weight is 364 g/mol. The minimum atomic E-state index is -0.336. The normalized spacial score (nSPS) is 15.6. The number of hydrogen-bond acceptors (Lipinski definition) is 7. The van der Waals surface area contributed by atoms with Crippen molar-refractivity contribution in [2.75, 3.05) is 42.9 Å². The van der Waals surface area contributed by atoms with Gasteiger partial charge < -0.3 is 4.90 Å². The van der Waals surface area contributed by atoms with Crippen molar-refractivity contribution in [3.8, 4) is 0 Å². The average Bonchev–Trinajstić information content (AvgIpc) is 3.04. The van der Waals surface area contributed by atoms with Crippen molar-refractivity contribution in [2.24, 2.45) is 0 Å². The molecule has 25 heavy (non-hydrogen) atoms. The summed E-state index contributed by atoms with van der Waals surface area (Å²) in [5, 5.41) is 12.3. The lowest BCUT2D eigenvalue weighted by atomic mass is 10.2. The van der Waals surface area contributed by atoms with Crippen molar-refractivity contribution in [1.29, 1.82) is 0 Å². The molecule has 1 amide bonds. The van der Waals surface area contributed by atoms with E-state index in [0.717, 1.165) is 36.9 Å². The molecule has 7 nitrogen and oxygen atoms in total. The maximum atomic E-state index is 13.3. The summed E-state index contributed by atoms with van der Waals surface area (Å²) in [6, 6.07) is 1.48. The molecule has 0 bridgehead atoms. The maximum absolute atomic E-state index is 13.3. The summed E-state index contributed by atoms with van der Waals surface area (Å²) in [6.07, 6.45) is 2.86. The molecule has 0 unspecified atom stereocenters. The van der Waals surface area contributed by atoms with E-state index in [1.54, 1.807) is 6.20 Å². The minimum Gasteiger partial charge on any atom is -0.368 e. The van der Waals surface area contributed by atoms with E-state index in [1.807, 2.05) is 13.8 Å². The maximum Gasteiger partial charge on any atom is 0.240 e. The summed E-state index contributed by atoms with van der Waals surface area (Å²) >= 11 is 1.41. The molecule has 1 aliphatic rings. The number of halogens is 1. The van der Waals surface area contributed by atoms with Gasteiger partial charge in [0, 0.05) is 38.2 Å². The Hall–Kier alpha value is -2.13. The second kappa shape index (κ2) is 7.83. The van der Waals surface area contributed by atoms with Crippen LogP contribution in [0, 0.1) is 5.82 Å². The third-order valence-electron chi connectivity index (χ3n) is 3.98. The van der Waals surface area contributed by atoms with Gasteiger partial charge in [-0.2, -0.15) is 0 Å². The molecular weight excluding hydrogens is 343 g/mol. The highest BCUT2D eigenvalue weighted by Gasteiger charge is 2.20. The number of amides is 1. The van der Waals surface area contributed by atoms with Crippen molar-refractivity contribution in [3.05, 3.63) is 29.3 Å². The van der Waals surface area contributed by atoms with E-state index in [-0.39, 0.29) is 11.7 Å². The molecule has 3 rings (SSSR count). The van der Waals surface area contributed by atoms with Gasteiger partial charge >= 0.3 is 0 Å². The van der Waals surface area contributed by atoms with Crippen LogP contribution in [0.2, 0.25) is 0 Å². The SMILES string of the molecule is CC(C)c1nnc(NC(=O)CN2CCN(c3cncc(F)c3)CC2)s1. The zero-order chi connectivity index (χ0) is 17.8. The molecule has 1 fully saturated rings. The second-order valence-corrected chi connectivity index (χ2v) is 7.28. The number of nitrogens with one attached hydrogen (secondary N) is 1. The van der Waals surface area contributed by atoms with Gasteiger partial charge in [-0.1, -0.05) is 25.2 Å². The van der Waals surface area contributed by atoms with Crippen LogP contribution in [0.5, 0.6) is 0 Å². The standard InChI is InChI=1S/C16H21FN6OS/c1-11(2)15-20-21-16(25-15)19-14(24)10-22-3-5-23(6-4-22)13-7-12(17)8-18-9-13/h7-9,11H,3-6,10H2,1-2H3,(H,19,21,24). The Morgan fingerprint density at radius 3 is 2.68 bits per heavy atom. The fourth-order valence-corrected chi connectivity index (χ4v) is 3.38. The van der Waals surface area contributed by atoms with Gasteiger partial charge in [-0.25, -0.2) is 4.39 Å². The Bertz CT molecular complexity index is 729. The Kier molecular flexibility index (Phi) is 5.54. The highest BCUT2D eigenvalue weighted by atomic mass is 32.1. The first-order valence-corrected chi connectivity index (χ1v) is 9.04. The van der Waals surface area contributed by atoms with Crippen LogP contribution < -0.4 is 10.2 Å². The number of hydrogen-bond donors (Lipinski definition) is 1. The van der Waals surface area contributed by atoms with Crippen molar-refractivity contribution in [1.82, 2.24) is 20.1 Å². The van der Waals surface area contributed by atoms with Crippen LogP contribution in [-0.4, -0.2) is 58.7 Å². The number of anilines is 2. The molecule has 2 aromatic heterocycles. The van der Waals surface area contributed by atoms with Gasteiger partial charge in [0.1, 0.15) is 10.8 Å². The molecule has 3 heterocycles. The van der Waals surface area contributed by atoms with Crippen LogP contribution in [0.3, 0.4) is 0 Å². The first-order chi connectivity index (χ1) is 12.0. The molecule has 0 spiro atoms. The van der Waals surface area contributed by atoms with Crippen LogP contribution in [0.1, 0.15) is 24.8 Å². The number of carbonyl (C=O) groups excluding carboxylic acids is 1. The molecule has 0 aromatic carbocycles. The lowest BCUT2D eigenvalue weighted by Gasteiger charge is -2.35. The summed E-state index contributed by atoms with van der Waals surface area (Å²) in [5.74, 6) is -0.127. The van der Waals surface area contributed by atoms with Crippen LogP contribution >= 0.6 is 11.3 Å². The number of rotatable bonds is 5. The zero-order valence-electron chi connectivity index (χ0n) is 14.3. The molecule has 0 saturated carbocycles. The van der Waals surface area contributed by atoms with Crippen molar-refractivity contribution in [2.45, 2.75) is 19.8 Å². The Balaban J connectivity index is 1.47. The highest BCUT2D eigenvalue weighted by molar-refractivity contribution is 7.15. The molecule has 1 saturated heterocycles. The van der Waals surface area contributed by atoms with Gasteiger partial charge in [-0.05, 0) is 0 Å². The van der Waals surface area contributed by atoms with Gasteiger partial charge in [0.15, 0.2) is 0 Å². The molecule has 1 aliphatic heterocycles. The van der Waals surface area contributed by atoms with E-state index in [1.165, 1.54) is 23.6 Å². The summed E-state index contributed by atoms with van der Waals surface area (Å²) < 4.78 is 13.3. The van der Waals surface area contributed by atoms with E-state index >= 15 is 0 Å². The number of carbonyl (C=O) groups is 1. The van der Waals surface area contributed by atoms with E-state index in [4.69, 9.17) is 0 Å². The molecule has 2 aromatic rings. The van der Waals surface area contributed by atoms with E-state index in [0.29, 0.717) is 17.6 Å². The third-order valence-corrected chi connectivity index (χ3v) is 5.12. The minimum absolute atomic E-state index is 0.0904. The van der Waals surface area contributed by atoms with Gasteiger partial charge in [-0.15, -0.1) is 10.2 Å². The quantitative estimate of drug-likeness (QED) is 0.874. The predicted molar refractivity (Wildman–Crippen MR) is 95.5 cm³/mol. The Morgan fingerprint density at radius 1 is 1.28 bits per heavy atom. The first kappa shape index (κ1) is 17.7. The summed E-state index contributed by atoms with van der Waals surface area (Å²) in [4.78, 5) is 20.2. The summed E-state index contributed by atoms with van der Waals surface area (Å²) in [6.45, 7) is 7.32. The fourth-order valence-electron chi connectivity index (χ4n) is 2.62. The van der Waals surface area contributed by atoms with Crippen LogP contribution in [0.4, 0.5) is 15.2 Å². The van der Waals surface area contributed by atoms with E-state index < -0.39 is 0 Å². The van der Waals surface area contributed by atoms with E-state index in [2.05, 4.69) is 30.3 Å². The largest absolute Gasteiger partial charge is 0.368 e. The molecule has 1 N–H and O–H groups in total. The smallest absolute Gasteiger partial charge is 0.240 e. The predicted octanol–water partition coefficient (Wildman–Crippen LogP) is 1.96. The molecule has 9 heteroatoms. The summed E-state index contributed by atoms with van der Waals surface area (Å²) in [7, 11) is 0. The van der Waals surface area contributed by atoms with Gasteiger partial charge in [0.25, 0.3) is 0 Å². The molecule has 0 aliphatic carbocycles. The van der Waals surface area contributed by atoms with Crippen LogP contribution in [0.15, 0.2) is 18.5 Å². The Morgan fingerprint density at radius 2 is 2.04 bits per heavy atom.